The number of carboxylic acid groups (broad SMARTS) is 1. The minimum Gasteiger partial charge on any atom is -0.480 e. The van der Waals surface area contributed by atoms with Gasteiger partial charge in [0, 0.05) is 12.6 Å². The molecule has 0 bridgehead atoms. The molecule has 1 rings (SSSR count). The van der Waals surface area contributed by atoms with Gasteiger partial charge in [-0.15, -0.1) is 0 Å². The van der Waals surface area contributed by atoms with Crippen molar-refractivity contribution in [2.24, 2.45) is 5.73 Å². The van der Waals surface area contributed by atoms with Gasteiger partial charge < -0.3 is 10.8 Å². The zero-order chi connectivity index (χ0) is 10.6. The summed E-state index contributed by atoms with van der Waals surface area (Å²) in [5, 5.41) is 17.2. The highest BCUT2D eigenvalue weighted by molar-refractivity contribution is 5.73. The van der Waals surface area contributed by atoms with Gasteiger partial charge >= 0.3 is 5.97 Å². The summed E-state index contributed by atoms with van der Waals surface area (Å²) < 4.78 is 0. The molecule has 14 heavy (non-hydrogen) atoms. The van der Waals surface area contributed by atoms with Crippen molar-refractivity contribution in [1.29, 1.82) is 5.26 Å². The van der Waals surface area contributed by atoms with Gasteiger partial charge in [-0.3, -0.25) is 4.79 Å². The highest BCUT2D eigenvalue weighted by Gasteiger charge is 2.14. The third kappa shape index (κ3) is 2.28. The van der Waals surface area contributed by atoms with E-state index in [1.54, 1.807) is 12.1 Å². The van der Waals surface area contributed by atoms with Crippen molar-refractivity contribution in [3.63, 3.8) is 0 Å². The van der Waals surface area contributed by atoms with Crippen LogP contribution in [0.1, 0.15) is 11.3 Å². The van der Waals surface area contributed by atoms with Crippen LogP contribution in [0, 0.1) is 11.3 Å². The molecule has 0 fully saturated rings. The first-order valence-electron chi connectivity index (χ1n) is 3.97. The highest BCUT2D eigenvalue weighted by Crippen LogP contribution is 2.06. The Morgan fingerprint density at radius 3 is 3.07 bits per heavy atom. The minimum atomic E-state index is -1.09. The van der Waals surface area contributed by atoms with Gasteiger partial charge in [0.2, 0.25) is 0 Å². The van der Waals surface area contributed by atoms with Crippen molar-refractivity contribution in [3.8, 4) is 6.07 Å². The summed E-state index contributed by atoms with van der Waals surface area (Å²) in [7, 11) is 0. The van der Waals surface area contributed by atoms with Gasteiger partial charge in [0.1, 0.15) is 17.8 Å². The van der Waals surface area contributed by atoms with Crippen LogP contribution in [0.2, 0.25) is 0 Å². The number of nitriles is 1. The van der Waals surface area contributed by atoms with Gasteiger partial charge in [-0.2, -0.15) is 5.26 Å². The van der Waals surface area contributed by atoms with Crippen LogP contribution in [0.4, 0.5) is 0 Å². The van der Waals surface area contributed by atoms with E-state index < -0.39 is 12.0 Å². The summed E-state index contributed by atoms with van der Waals surface area (Å²) in [6.07, 6.45) is 1.60. The molecular formula is C9H9N3O2. The van der Waals surface area contributed by atoms with E-state index in [2.05, 4.69) is 4.98 Å². The molecule has 0 amide bonds. The Balaban J connectivity index is 2.87. The molecule has 0 radical (unpaired) electrons. The third-order valence-electron chi connectivity index (χ3n) is 1.75. The second kappa shape index (κ2) is 4.35. The van der Waals surface area contributed by atoms with Gasteiger partial charge in [0.05, 0.1) is 0 Å². The van der Waals surface area contributed by atoms with Crippen LogP contribution in [-0.2, 0) is 11.2 Å². The predicted octanol–water partition coefficient (Wildman–Crippen LogP) is -0.0923. The van der Waals surface area contributed by atoms with Crippen LogP contribution in [0.3, 0.4) is 0 Å². The molecule has 0 aliphatic carbocycles. The number of aliphatic carboxylic acids is 1. The number of rotatable bonds is 3. The fraction of sp³-hybridized carbons (Fsp3) is 0.222. The second-order valence-electron chi connectivity index (χ2n) is 2.77. The average molecular weight is 191 g/mol. The lowest BCUT2D eigenvalue weighted by atomic mass is 10.1. The van der Waals surface area contributed by atoms with Gasteiger partial charge in [-0.1, -0.05) is 6.07 Å². The Labute approximate surface area is 80.8 Å². The molecule has 5 heteroatoms. The van der Waals surface area contributed by atoms with Gasteiger partial charge in [0.25, 0.3) is 0 Å². The van der Waals surface area contributed by atoms with Gasteiger partial charge in [-0.05, 0) is 11.6 Å². The fourth-order valence-corrected chi connectivity index (χ4v) is 1.03. The van der Waals surface area contributed by atoms with Crippen molar-refractivity contribution in [3.05, 3.63) is 29.6 Å². The molecule has 3 N–H and O–H groups in total. The number of nitrogens with two attached hydrogens (primary N) is 1. The number of carbonyl (C=O) groups is 1. The molecule has 0 saturated carbocycles. The minimum absolute atomic E-state index is 0.117. The summed E-state index contributed by atoms with van der Waals surface area (Å²) in [6, 6.07) is 4.18. The Morgan fingerprint density at radius 2 is 2.50 bits per heavy atom. The average Bonchev–Trinajstić information content (AvgIpc) is 2.18. The molecule has 1 aromatic heterocycles. The zero-order valence-electron chi connectivity index (χ0n) is 7.34. The summed E-state index contributed by atoms with van der Waals surface area (Å²) in [5.74, 6) is -1.09. The Kier molecular flexibility index (Phi) is 3.15. The maximum Gasteiger partial charge on any atom is 0.320 e. The monoisotopic (exact) mass is 191 g/mol. The zero-order valence-corrected chi connectivity index (χ0v) is 7.34. The van der Waals surface area contributed by atoms with E-state index >= 15 is 0 Å². The molecule has 1 atom stereocenters. The van der Waals surface area contributed by atoms with Gasteiger partial charge in [0.15, 0.2) is 0 Å². The van der Waals surface area contributed by atoms with E-state index in [4.69, 9.17) is 16.1 Å². The quantitative estimate of drug-likeness (QED) is 0.695. The van der Waals surface area contributed by atoms with Crippen molar-refractivity contribution in [1.82, 2.24) is 4.98 Å². The standard InChI is InChI=1S/C9H9N3O2/c10-5-8-6(2-1-3-12-8)4-7(11)9(13)14/h1-3,7H,4,11H2,(H,13,14). The Morgan fingerprint density at radius 1 is 1.79 bits per heavy atom. The predicted molar refractivity (Wildman–Crippen MR) is 48.3 cm³/mol. The fourth-order valence-electron chi connectivity index (χ4n) is 1.03. The summed E-state index contributed by atoms with van der Waals surface area (Å²) in [6.45, 7) is 0. The van der Waals surface area contributed by atoms with Crippen LogP contribution in [0.15, 0.2) is 18.3 Å². The van der Waals surface area contributed by atoms with Crippen LogP contribution in [-0.4, -0.2) is 22.1 Å². The van der Waals surface area contributed by atoms with E-state index in [0.717, 1.165) is 0 Å². The Bertz CT molecular complexity index is 384. The van der Waals surface area contributed by atoms with Crippen molar-refractivity contribution in [2.45, 2.75) is 12.5 Å². The van der Waals surface area contributed by atoms with E-state index in [0.29, 0.717) is 5.56 Å². The summed E-state index contributed by atoms with van der Waals surface area (Å²) in [4.78, 5) is 14.3. The lowest BCUT2D eigenvalue weighted by molar-refractivity contribution is -0.138. The molecule has 0 aromatic carbocycles. The van der Waals surface area contributed by atoms with E-state index in [1.807, 2.05) is 6.07 Å². The third-order valence-corrected chi connectivity index (χ3v) is 1.75. The summed E-state index contributed by atoms with van der Waals surface area (Å²) in [5.41, 5.74) is 6.12. The first kappa shape index (κ1) is 10.2. The van der Waals surface area contributed by atoms with E-state index in [1.165, 1.54) is 6.20 Å². The number of hydrogen-bond acceptors (Lipinski definition) is 4. The van der Waals surface area contributed by atoms with E-state index in [9.17, 15) is 4.79 Å². The highest BCUT2D eigenvalue weighted by atomic mass is 16.4. The topological polar surface area (TPSA) is 100 Å². The summed E-state index contributed by atoms with van der Waals surface area (Å²) >= 11 is 0. The van der Waals surface area contributed by atoms with Crippen molar-refractivity contribution < 1.29 is 9.90 Å². The maximum atomic E-state index is 10.5. The molecule has 0 aliphatic rings. The number of pyridine rings is 1. The Hall–Kier alpha value is -1.93. The van der Waals surface area contributed by atoms with Crippen molar-refractivity contribution in [2.75, 3.05) is 0 Å². The molecule has 0 spiro atoms. The lowest BCUT2D eigenvalue weighted by Crippen LogP contribution is -2.32. The van der Waals surface area contributed by atoms with Crippen LogP contribution in [0.5, 0.6) is 0 Å². The van der Waals surface area contributed by atoms with Gasteiger partial charge in [-0.25, -0.2) is 4.98 Å². The molecule has 5 nitrogen and oxygen atoms in total. The molecule has 72 valence electrons. The molecular weight excluding hydrogens is 182 g/mol. The molecule has 1 heterocycles. The lowest BCUT2D eigenvalue weighted by Gasteiger charge is -2.06. The number of carboxylic acids is 1. The first-order chi connectivity index (χ1) is 6.65. The molecule has 1 unspecified atom stereocenters. The van der Waals surface area contributed by atoms with Crippen LogP contribution >= 0.6 is 0 Å². The smallest absolute Gasteiger partial charge is 0.320 e. The van der Waals surface area contributed by atoms with Crippen LogP contribution < -0.4 is 5.73 Å². The number of hydrogen-bond donors (Lipinski definition) is 2. The van der Waals surface area contributed by atoms with E-state index in [-0.39, 0.29) is 12.1 Å². The molecule has 0 saturated heterocycles. The normalized spacial score (nSPS) is 11.7. The molecule has 1 aromatic rings. The number of aromatic nitrogens is 1. The maximum absolute atomic E-state index is 10.5. The number of nitrogens with zero attached hydrogens (tertiary/aromatic N) is 2. The van der Waals surface area contributed by atoms with Crippen LogP contribution in [0.25, 0.3) is 0 Å². The largest absolute Gasteiger partial charge is 0.480 e. The molecule has 0 aliphatic heterocycles. The first-order valence-corrected chi connectivity index (χ1v) is 3.97. The van der Waals surface area contributed by atoms with Crippen molar-refractivity contribution >= 4 is 5.97 Å². The second-order valence-corrected chi connectivity index (χ2v) is 2.77. The SMILES string of the molecule is N#Cc1ncccc1CC(N)C(=O)O.